The molecule has 8 nitrogen and oxygen atoms in total. The second-order valence-electron chi connectivity index (χ2n) is 7.40. The summed E-state index contributed by atoms with van der Waals surface area (Å²) in [6.07, 6.45) is 3.36. The number of carbonyl (C=O) groups excluding carboxylic acids is 1. The molecule has 1 amide bonds. The number of imidazole rings is 1. The number of carbonyl (C=O) groups is 1. The van der Waals surface area contributed by atoms with Crippen molar-refractivity contribution in [1.82, 2.24) is 30.0 Å². The summed E-state index contributed by atoms with van der Waals surface area (Å²) in [5, 5.41) is 7.90. The highest BCUT2D eigenvalue weighted by molar-refractivity contribution is 7.99. The number of benzene rings is 1. The first-order valence-electron chi connectivity index (χ1n) is 10.2. The van der Waals surface area contributed by atoms with Crippen LogP contribution >= 0.6 is 11.8 Å². The van der Waals surface area contributed by atoms with E-state index in [1.54, 1.807) is 12.4 Å². The zero-order valence-electron chi connectivity index (χ0n) is 17.6. The van der Waals surface area contributed by atoms with Crippen LogP contribution < -0.4 is 5.32 Å². The summed E-state index contributed by atoms with van der Waals surface area (Å²) >= 11 is 1.42. The number of nitrogens with zero attached hydrogens (tertiary/aromatic N) is 5. The molecule has 1 N–H and O–H groups in total. The summed E-state index contributed by atoms with van der Waals surface area (Å²) < 4.78 is 7.57. The number of fused-ring (bicyclic) bond motifs is 1. The Hall–Kier alpha value is -3.20. The van der Waals surface area contributed by atoms with Gasteiger partial charge < -0.3 is 14.4 Å². The largest absolute Gasteiger partial charge is 0.343 e. The molecule has 1 aromatic carbocycles. The molecule has 160 valence electrons. The summed E-state index contributed by atoms with van der Waals surface area (Å²) in [4.78, 5) is 25.9. The molecule has 31 heavy (non-hydrogen) atoms. The fourth-order valence-electron chi connectivity index (χ4n) is 3.30. The predicted octanol–water partition coefficient (Wildman–Crippen LogP) is 4.11. The molecule has 0 bridgehead atoms. The number of hydrogen-bond acceptors (Lipinski definition) is 7. The molecule has 3 heterocycles. The Balaban J connectivity index is 1.45. The zero-order valence-corrected chi connectivity index (χ0v) is 18.5. The Morgan fingerprint density at radius 3 is 2.77 bits per heavy atom. The molecule has 1 atom stereocenters. The van der Waals surface area contributed by atoms with E-state index in [0.717, 1.165) is 28.3 Å². The second-order valence-corrected chi connectivity index (χ2v) is 8.35. The van der Waals surface area contributed by atoms with Crippen molar-refractivity contribution in [3.8, 4) is 11.4 Å². The summed E-state index contributed by atoms with van der Waals surface area (Å²) in [5.41, 5.74) is 2.77. The minimum Gasteiger partial charge on any atom is -0.343 e. The molecule has 0 saturated heterocycles. The third-order valence-electron chi connectivity index (χ3n) is 4.88. The molecule has 0 aliphatic rings. The normalized spacial score (nSPS) is 12.4. The van der Waals surface area contributed by atoms with E-state index in [-0.39, 0.29) is 23.6 Å². The number of para-hydroxylation sites is 2. The summed E-state index contributed by atoms with van der Waals surface area (Å²) in [5.74, 6) is 1.05. The molecule has 0 aliphatic heterocycles. The van der Waals surface area contributed by atoms with E-state index in [1.807, 2.05) is 50.2 Å². The molecule has 0 radical (unpaired) electrons. The van der Waals surface area contributed by atoms with Gasteiger partial charge in [0.1, 0.15) is 6.04 Å². The molecular weight excluding hydrogens is 412 g/mol. The van der Waals surface area contributed by atoms with Crippen LogP contribution in [0.2, 0.25) is 0 Å². The number of aromatic nitrogens is 5. The van der Waals surface area contributed by atoms with Gasteiger partial charge in [-0.15, -0.1) is 0 Å². The summed E-state index contributed by atoms with van der Waals surface area (Å²) in [6, 6.07) is 11.3. The third-order valence-corrected chi connectivity index (χ3v) is 5.86. The van der Waals surface area contributed by atoms with Gasteiger partial charge in [0.05, 0.1) is 16.8 Å². The van der Waals surface area contributed by atoms with Gasteiger partial charge >= 0.3 is 0 Å². The van der Waals surface area contributed by atoms with Crippen molar-refractivity contribution in [3.05, 3.63) is 54.7 Å². The molecule has 1 unspecified atom stereocenters. The maximum atomic E-state index is 12.7. The topological polar surface area (TPSA) is 98.7 Å². The van der Waals surface area contributed by atoms with Crippen LogP contribution in [0.25, 0.3) is 22.4 Å². The van der Waals surface area contributed by atoms with E-state index in [0.29, 0.717) is 11.7 Å². The quantitative estimate of drug-likeness (QED) is 0.415. The van der Waals surface area contributed by atoms with E-state index in [2.05, 4.69) is 36.9 Å². The predicted molar refractivity (Wildman–Crippen MR) is 119 cm³/mol. The van der Waals surface area contributed by atoms with Crippen LogP contribution in [0.3, 0.4) is 0 Å². The van der Waals surface area contributed by atoms with Crippen molar-refractivity contribution in [3.63, 3.8) is 0 Å². The van der Waals surface area contributed by atoms with Gasteiger partial charge in [-0.2, -0.15) is 4.98 Å². The number of thioether (sulfide) groups is 1. The van der Waals surface area contributed by atoms with Crippen molar-refractivity contribution in [2.45, 2.75) is 38.5 Å². The number of nitrogens with one attached hydrogen (secondary N) is 1. The van der Waals surface area contributed by atoms with Crippen LogP contribution in [0.4, 0.5) is 0 Å². The molecular formula is C22H24N6O2S. The molecule has 0 spiro atoms. The van der Waals surface area contributed by atoms with Crippen LogP contribution in [-0.4, -0.2) is 36.3 Å². The van der Waals surface area contributed by atoms with E-state index < -0.39 is 0 Å². The minimum absolute atomic E-state index is 0.0800. The highest BCUT2D eigenvalue weighted by Crippen LogP contribution is 2.26. The van der Waals surface area contributed by atoms with Crippen molar-refractivity contribution in [2.75, 3.05) is 5.75 Å². The van der Waals surface area contributed by atoms with Gasteiger partial charge in [0.2, 0.25) is 17.6 Å². The van der Waals surface area contributed by atoms with Crippen LogP contribution in [0, 0.1) is 5.92 Å². The van der Waals surface area contributed by atoms with Crippen LogP contribution in [-0.2, 0) is 11.3 Å². The average Bonchev–Trinajstić information content (AvgIpc) is 3.41. The van der Waals surface area contributed by atoms with E-state index in [9.17, 15) is 4.79 Å². The highest BCUT2D eigenvalue weighted by Gasteiger charge is 2.25. The molecule has 4 rings (SSSR count). The first-order chi connectivity index (χ1) is 15.1. The first-order valence-corrected chi connectivity index (χ1v) is 11.2. The lowest BCUT2D eigenvalue weighted by Gasteiger charge is -2.18. The molecule has 9 heteroatoms. The Morgan fingerprint density at radius 2 is 2.03 bits per heavy atom. The highest BCUT2D eigenvalue weighted by atomic mass is 32.2. The number of hydrogen-bond donors (Lipinski definition) is 1. The molecule has 0 fully saturated rings. The molecule has 0 aliphatic carbocycles. The number of rotatable bonds is 8. The average molecular weight is 437 g/mol. The van der Waals surface area contributed by atoms with Gasteiger partial charge in [-0.3, -0.25) is 9.78 Å². The van der Waals surface area contributed by atoms with E-state index >= 15 is 0 Å². The van der Waals surface area contributed by atoms with Crippen molar-refractivity contribution >= 4 is 28.7 Å². The van der Waals surface area contributed by atoms with Gasteiger partial charge in [0, 0.05) is 24.5 Å². The van der Waals surface area contributed by atoms with Crippen molar-refractivity contribution in [1.29, 1.82) is 0 Å². The summed E-state index contributed by atoms with van der Waals surface area (Å²) in [6.45, 7) is 6.87. The Bertz CT molecular complexity index is 1170. The van der Waals surface area contributed by atoms with Gasteiger partial charge in [-0.1, -0.05) is 42.9 Å². The second kappa shape index (κ2) is 9.30. The lowest BCUT2D eigenvalue weighted by atomic mass is 10.0. The van der Waals surface area contributed by atoms with E-state index in [4.69, 9.17) is 4.52 Å². The Morgan fingerprint density at radius 1 is 1.19 bits per heavy atom. The number of pyridine rings is 1. The maximum absolute atomic E-state index is 12.7. The maximum Gasteiger partial charge on any atom is 0.249 e. The Labute approximate surface area is 184 Å². The van der Waals surface area contributed by atoms with Gasteiger partial charge in [-0.25, -0.2) is 4.98 Å². The first kappa shape index (κ1) is 21.0. The molecule has 4 aromatic rings. The minimum atomic E-state index is -0.379. The van der Waals surface area contributed by atoms with Crippen LogP contribution in [0.1, 0.15) is 32.7 Å². The van der Waals surface area contributed by atoms with Crippen LogP contribution in [0.5, 0.6) is 0 Å². The third kappa shape index (κ3) is 4.61. The fraction of sp³-hybridized carbons (Fsp3) is 0.318. The molecule has 0 saturated carbocycles. The van der Waals surface area contributed by atoms with E-state index in [1.165, 1.54) is 11.8 Å². The van der Waals surface area contributed by atoms with Gasteiger partial charge in [0.25, 0.3) is 0 Å². The Kier molecular flexibility index (Phi) is 6.31. The van der Waals surface area contributed by atoms with Gasteiger partial charge in [-0.05, 0) is 37.1 Å². The standard InChI is InChI=1S/C22H24N6O2S/c1-4-28-17-10-6-5-9-16(17)24-22(28)31-13-18(29)25-19(14(2)3)21-26-20(27-30-21)15-8-7-11-23-12-15/h5-12,14,19H,4,13H2,1-3H3,(H,25,29). The van der Waals surface area contributed by atoms with Crippen LogP contribution in [0.15, 0.2) is 58.5 Å². The fourth-order valence-corrected chi connectivity index (χ4v) is 4.19. The monoisotopic (exact) mass is 436 g/mol. The van der Waals surface area contributed by atoms with Crippen molar-refractivity contribution in [2.24, 2.45) is 5.92 Å². The number of amides is 1. The lowest BCUT2D eigenvalue weighted by molar-refractivity contribution is -0.119. The SMILES string of the molecule is CCn1c(SCC(=O)NC(c2nc(-c3cccnc3)no2)C(C)C)nc2ccccc21. The lowest BCUT2D eigenvalue weighted by Crippen LogP contribution is -2.33. The van der Waals surface area contributed by atoms with Gasteiger partial charge in [0.15, 0.2) is 5.16 Å². The smallest absolute Gasteiger partial charge is 0.249 e. The van der Waals surface area contributed by atoms with Crippen molar-refractivity contribution < 1.29 is 9.32 Å². The number of aryl methyl sites for hydroxylation is 1. The molecule has 3 aromatic heterocycles. The zero-order chi connectivity index (χ0) is 21.8. The summed E-state index contributed by atoms with van der Waals surface area (Å²) in [7, 11) is 0.